The SMILES string of the molecule is CC1CCCC(CO)(NCC(F)(F)c2ccccc2)C1. The van der Waals surface area contributed by atoms with Crippen LogP contribution in [0.4, 0.5) is 8.78 Å². The highest BCUT2D eigenvalue weighted by Gasteiger charge is 2.38. The number of alkyl halides is 2. The van der Waals surface area contributed by atoms with Crippen LogP contribution < -0.4 is 5.32 Å². The predicted molar refractivity (Wildman–Crippen MR) is 75.8 cm³/mol. The number of nitrogens with one attached hydrogen (secondary N) is 1. The minimum Gasteiger partial charge on any atom is -0.394 e. The third-order valence-corrected chi connectivity index (χ3v) is 4.28. The molecule has 0 heterocycles. The number of hydrogen-bond donors (Lipinski definition) is 2. The van der Waals surface area contributed by atoms with Crippen LogP contribution >= 0.6 is 0 Å². The Balaban J connectivity index is 2.02. The fourth-order valence-corrected chi connectivity index (χ4v) is 3.10. The molecule has 0 spiro atoms. The van der Waals surface area contributed by atoms with Gasteiger partial charge in [0.25, 0.3) is 5.92 Å². The van der Waals surface area contributed by atoms with Gasteiger partial charge in [0, 0.05) is 11.1 Å². The molecule has 1 aromatic rings. The van der Waals surface area contributed by atoms with Gasteiger partial charge in [-0.15, -0.1) is 0 Å². The summed E-state index contributed by atoms with van der Waals surface area (Å²) in [6, 6.07) is 7.85. The zero-order valence-corrected chi connectivity index (χ0v) is 11.9. The summed E-state index contributed by atoms with van der Waals surface area (Å²) < 4.78 is 28.3. The summed E-state index contributed by atoms with van der Waals surface area (Å²) in [6.45, 7) is 1.60. The van der Waals surface area contributed by atoms with Gasteiger partial charge in [-0.1, -0.05) is 50.1 Å². The zero-order chi connectivity index (χ0) is 14.6. The van der Waals surface area contributed by atoms with E-state index in [-0.39, 0.29) is 12.2 Å². The number of benzene rings is 1. The highest BCUT2D eigenvalue weighted by Crippen LogP contribution is 2.34. The summed E-state index contributed by atoms with van der Waals surface area (Å²) >= 11 is 0. The van der Waals surface area contributed by atoms with E-state index in [1.807, 2.05) is 0 Å². The molecule has 1 aliphatic carbocycles. The maximum atomic E-state index is 14.2. The van der Waals surface area contributed by atoms with Gasteiger partial charge in [-0.25, -0.2) is 0 Å². The molecule has 2 nitrogen and oxygen atoms in total. The topological polar surface area (TPSA) is 32.3 Å². The van der Waals surface area contributed by atoms with Crippen molar-refractivity contribution in [2.24, 2.45) is 5.92 Å². The molecule has 0 radical (unpaired) electrons. The number of aliphatic hydroxyl groups excluding tert-OH is 1. The van der Waals surface area contributed by atoms with Crippen molar-refractivity contribution in [3.05, 3.63) is 35.9 Å². The van der Waals surface area contributed by atoms with Crippen LogP contribution in [0.15, 0.2) is 30.3 Å². The first-order valence-corrected chi connectivity index (χ1v) is 7.27. The first-order chi connectivity index (χ1) is 9.47. The van der Waals surface area contributed by atoms with E-state index in [1.165, 1.54) is 12.1 Å². The summed E-state index contributed by atoms with van der Waals surface area (Å²) in [5, 5.41) is 12.6. The first-order valence-electron chi connectivity index (χ1n) is 7.27. The van der Waals surface area contributed by atoms with Gasteiger partial charge in [0.15, 0.2) is 0 Å². The van der Waals surface area contributed by atoms with Gasteiger partial charge >= 0.3 is 0 Å². The molecule has 2 unspecified atom stereocenters. The predicted octanol–water partition coefficient (Wildman–Crippen LogP) is 3.31. The Morgan fingerprint density at radius 3 is 2.65 bits per heavy atom. The molecular weight excluding hydrogens is 260 g/mol. The van der Waals surface area contributed by atoms with Gasteiger partial charge < -0.3 is 10.4 Å². The van der Waals surface area contributed by atoms with E-state index in [9.17, 15) is 13.9 Å². The van der Waals surface area contributed by atoms with E-state index in [0.717, 1.165) is 25.7 Å². The summed E-state index contributed by atoms with van der Waals surface area (Å²) in [5.74, 6) is -2.45. The van der Waals surface area contributed by atoms with Gasteiger partial charge in [0.05, 0.1) is 13.2 Å². The lowest BCUT2D eigenvalue weighted by Crippen LogP contribution is -2.54. The fourth-order valence-electron chi connectivity index (χ4n) is 3.10. The molecule has 2 N–H and O–H groups in total. The van der Waals surface area contributed by atoms with Gasteiger partial charge in [0.2, 0.25) is 0 Å². The Kier molecular flexibility index (Phi) is 4.76. The monoisotopic (exact) mass is 283 g/mol. The van der Waals surface area contributed by atoms with Crippen LogP contribution in [0.1, 0.15) is 38.2 Å². The third-order valence-electron chi connectivity index (χ3n) is 4.28. The summed E-state index contributed by atoms with van der Waals surface area (Å²) in [4.78, 5) is 0. The van der Waals surface area contributed by atoms with Crippen LogP contribution in [0.25, 0.3) is 0 Å². The molecule has 2 atom stereocenters. The highest BCUT2D eigenvalue weighted by molar-refractivity contribution is 5.20. The molecule has 1 aromatic carbocycles. The summed E-state index contributed by atoms with van der Waals surface area (Å²) in [7, 11) is 0. The summed E-state index contributed by atoms with van der Waals surface area (Å²) in [5.41, 5.74) is -0.528. The molecule has 0 amide bonds. The summed E-state index contributed by atoms with van der Waals surface area (Å²) in [6.07, 6.45) is 3.61. The molecule has 0 bridgehead atoms. The number of halogens is 2. The Morgan fingerprint density at radius 2 is 2.05 bits per heavy atom. The molecule has 2 rings (SSSR count). The van der Waals surface area contributed by atoms with Crippen molar-refractivity contribution in [2.75, 3.05) is 13.2 Å². The molecule has 4 heteroatoms. The first kappa shape index (κ1) is 15.4. The van der Waals surface area contributed by atoms with Crippen molar-refractivity contribution in [1.29, 1.82) is 0 Å². The standard InChI is InChI=1S/C16H23F2NO/c1-13-6-5-9-15(10-13,12-20)19-11-16(17,18)14-7-3-2-4-8-14/h2-4,7-8,13,19-20H,5-6,9-12H2,1H3. The van der Waals surface area contributed by atoms with Crippen LogP contribution in [0, 0.1) is 5.92 Å². The van der Waals surface area contributed by atoms with Gasteiger partial charge in [0.1, 0.15) is 0 Å². The van der Waals surface area contributed by atoms with E-state index in [1.54, 1.807) is 18.2 Å². The van der Waals surface area contributed by atoms with Gasteiger partial charge in [-0.3, -0.25) is 0 Å². The van der Waals surface area contributed by atoms with E-state index in [2.05, 4.69) is 12.2 Å². The van der Waals surface area contributed by atoms with Crippen molar-refractivity contribution in [3.8, 4) is 0 Å². The van der Waals surface area contributed by atoms with Crippen molar-refractivity contribution < 1.29 is 13.9 Å². The molecule has 1 fully saturated rings. The normalized spacial score (nSPS) is 27.5. The third kappa shape index (κ3) is 3.55. The lowest BCUT2D eigenvalue weighted by molar-refractivity contribution is -0.0214. The maximum Gasteiger partial charge on any atom is 0.285 e. The van der Waals surface area contributed by atoms with Crippen molar-refractivity contribution in [2.45, 2.75) is 44.1 Å². The van der Waals surface area contributed by atoms with E-state index in [0.29, 0.717) is 5.92 Å². The second kappa shape index (κ2) is 6.19. The zero-order valence-electron chi connectivity index (χ0n) is 11.9. The molecule has 0 aliphatic heterocycles. The average Bonchev–Trinajstić information content (AvgIpc) is 2.46. The smallest absolute Gasteiger partial charge is 0.285 e. The molecule has 0 saturated heterocycles. The number of aliphatic hydroxyl groups is 1. The fraction of sp³-hybridized carbons (Fsp3) is 0.625. The molecule has 112 valence electrons. The quantitative estimate of drug-likeness (QED) is 0.869. The maximum absolute atomic E-state index is 14.2. The van der Waals surface area contributed by atoms with E-state index < -0.39 is 18.0 Å². The molecule has 0 aromatic heterocycles. The second-order valence-corrected chi connectivity index (χ2v) is 6.06. The Bertz CT molecular complexity index is 424. The average molecular weight is 283 g/mol. The van der Waals surface area contributed by atoms with E-state index >= 15 is 0 Å². The van der Waals surface area contributed by atoms with Gasteiger partial charge in [-0.05, 0) is 18.8 Å². The van der Waals surface area contributed by atoms with E-state index in [4.69, 9.17) is 0 Å². The highest BCUT2D eigenvalue weighted by atomic mass is 19.3. The van der Waals surface area contributed by atoms with Crippen molar-refractivity contribution >= 4 is 0 Å². The molecular formula is C16H23F2NO. The Labute approximate surface area is 119 Å². The molecule has 1 saturated carbocycles. The second-order valence-electron chi connectivity index (χ2n) is 6.06. The Hall–Kier alpha value is -1.00. The Morgan fingerprint density at radius 1 is 1.35 bits per heavy atom. The van der Waals surface area contributed by atoms with Crippen molar-refractivity contribution in [3.63, 3.8) is 0 Å². The molecule has 1 aliphatic rings. The van der Waals surface area contributed by atoms with Crippen LogP contribution in [-0.2, 0) is 5.92 Å². The number of rotatable bonds is 5. The van der Waals surface area contributed by atoms with Gasteiger partial charge in [-0.2, -0.15) is 8.78 Å². The van der Waals surface area contributed by atoms with Crippen LogP contribution in [-0.4, -0.2) is 23.8 Å². The van der Waals surface area contributed by atoms with Crippen LogP contribution in [0.3, 0.4) is 0 Å². The lowest BCUT2D eigenvalue weighted by atomic mass is 9.76. The number of hydrogen-bond acceptors (Lipinski definition) is 2. The lowest BCUT2D eigenvalue weighted by Gasteiger charge is -2.40. The van der Waals surface area contributed by atoms with Crippen LogP contribution in [0.5, 0.6) is 0 Å². The largest absolute Gasteiger partial charge is 0.394 e. The molecule has 20 heavy (non-hydrogen) atoms. The van der Waals surface area contributed by atoms with Crippen molar-refractivity contribution in [1.82, 2.24) is 5.32 Å². The minimum atomic E-state index is -2.91. The van der Waals surface area contributed by atoms with Crippen LogP contribution in [0.2, 0.25) is 0 Å². The minimum absolute atomic E-state index is 0.0180.